The van der Waals surface area contributed by atoms with Crippen LogP contribution in [0.2, 0.25) is 0 Å². The molecule has 0 aromatic heterocycles. The van der Waals surface area contributed by atoms with Crippen LogP contribution in [0.25, 0.3) is 0 Å². The summed E-state index contributed by atoms with van der Waals surface area (Å²) in [5, 5.41) is 2.68. The largest absolute Gasteiger partial charge is 0.494 e. The molecule has 0 saturated carbocycles. The molecule has 0 atom stereocenters. The fraction of sp³-hybridized carbons (Fsp3) is 0.273. The highest BCUT2D eigenvalue weighted by atomic mass is 16.5. The lowest BCUT2D eigenvalue weighted by Crippen LogP contribution is -2.10. The Balaban J connectivity index is 3.01. The topological polar surface area (TPSA) is 67.8 Å². The first-order valence-electron chi connectivity index (χ1n) is 4.77. The van der Waals surface area contributed by atoms with E-state index in [0.29, 0.717) is 23.5 Å². The number of anilines is 1. The summed E-state index contributed by atoms with van der Waals surface area (Å²) < 4.78 is 5.07. The Bertz CT molecular complexity index is 437. The van der Waals surface area contributed by atoms with E-state index < -0.39 is 0 Å². The lowest BCUT2D eigenvalue weighted by molar-refractivity contribution is -0.115. The van der Waals surface area contributed by atoms with E-state index in [9.17, 15) is 9.59 Å². The van der Waals surface area contributed by atoms with Crippen LogP contribution in [-0.4, -0.2) is 19.1 Å². The molecular formula is C11H12N2O3. The van der Waals surface area contributed by atoms with Crippen molar-refractivity contribution in [3.05, 3.63) is 18.2 Å². The van der Waals surface area contributed by atoms with Gasteiger partial charge in [0.15, 0.2) is 0 Å². The number of carbonyl (C=O) groups excluding carboxylic acids is 2. The summed E-state index contributed by atoms with van der Waals surface area (Å²) in [6.07, 6.45) is 1.83. The van der Waals surface area contributed by atoms with E-state index in [1.165, 1.54) is 13.2 Å². The average Bonchev–Trinajstić information content (AvgIpc) is 2.31. The summed E-state index contributed by atoms with van der Waals surface area (Å²) in [7, 11) is 1.48. The van der Waals surface area contributed by atoms with Crippen LogP contribution in [0.15, 0.2) is 23.2 Å². The molecular weight excluding hydrogens is 208 g/mol. The molecule has 0 saturated heterocycles. The van der Waals surface area contributed by atoms with Crippen molar-refractivity contribution in [3.63, 3.8) is 0 Å². The predicted molar refractivity (Wildman–Crippen MR) is 59.7 cm³/mol. The van der Waals surface area contributed by atoms with E-state index in [-0.39, 0.29) is 5.91 Å². The van der Waals surface area contributed by atoms with Crippen LogP contribution in [0, 0.1) is 0 Å². The van der Waals surface area contributed by atoms with Crippen molar-refractivity contribution in [2.75, 3.05) is 12.4 Å². The molecule has 0 heterocycles. The molecule has 0 unspecified atom stereocenters. The molecule has 0 aliphatic carbocycles. The smallest absolute Gasteiger partial charge is 0.240 e. The van der Waals surface area contributed by atoms with Crippen molar-refractivity contribution in [1.29, 1.82) is 0 Å². The van der Waals surface area contributed by atoms with Gasteiger partial charge in [-0.2, -0.15) is 4.99 Å². The zero-order valence-electron chi connectivity index (χ0n) is 9.11. The van der Waals surface area contributed by atoms with Gasteiger partial charge in [0, 0.05) is 12.5 Å². The van der Waals surface area contributed by atoms with Gasteiger partial charge in [-0.1, -0.05) is 6.92 Å². The molecule has 5 heteroatoms. The Hall–Kier alpha value is -2.13. The molecule has 0 bridgehead atoms. The Morgan fingerprint density at radius 3 is 2.88 bits per heavy atom. The van der Waals surface area contributed by atoms with E-state index >= 15 is 0 Å². The van der Waals surface area contributed by atoms with Crippen LogP contribution in [0.1, 0.15) is 13.3 Å². The molecule has 1 N–H and O–H groups in total. The Morgan fingerprint density at radius 1 is 1.56 bits per heavy atom. The number of nitrogens with zero attached hydrogens (tertiary/aromatic N) is 1. The summed E-state index contributed by atoms with van der Waals surface area (Å²) in [5.74, 6) is 0.350. The third kappa shape index (κ3) is 2.93. The van der Waals surface area contributed by atoms with Gasteiger partial charge >= 0.3 is 0 Å². The SMILES string of the molecule is CCC(=O)Nc1ccc(N=C=O)cc1OC. The Morgan fingerprint density at radius 2 is 2.31 bits per heavy atom. The third-order valence-corrected chi connectivity index (χ3v) is 1.96. The number of amides is 1. The number of benzene rings is 1. The van der Waals surface area contributed by atoms with Crippen molar-refractivity contribution < 1.29 is 14.3 Å². The van der Waals surface area contributed by atoms with Crippen LogP contribution in [-0.2, 0) is 9.59 Å². The second-order valence-electron chi connectivity index (χ2n) is 2.99. The first-order chi connectivity index (χ1) is 7.71. The van der Waals surface area contributed by atoms with E-state index in [2.05, 4.69) is 10.3 Å². The number of hydrogen-bond donors (Lipinski definition) is 1. The van der Waals surface area contributed by atoms with E-state index in [0.717, 1.165) is 0 Å². The Labute approximate surface area is 93.1 Å². The minimum atomic E-state index is -0.107. The molecule has 0 fully saturated rings. The zero-order valence-corrected chi connectivity index (χ0v) is 9.11. The third-order valence-electron chi connectivity index (χ3n) is 1.96. The Kier molecular flexibility index (Phi) is 4.24. The summed E-state index contributed by atoms with van der Waals surface area (Å²) in [5.41, 5.74) is 0.987. The van der Waals surface area contributed by atoms with Gasteiger partial charge in [0.2, 0.25) is 12.0 Å². The number of nitrogens with one attached hydrogen (secondary N) is 1. The number of hydrogen-bond acceptors (Lipinski definition) is 4. The van der Waals surface area contributed by atoms with Crippen LogP contribution in [0.5, 0.6) is 5.75 Å². The van der Waals surface area contributed by atoms with Crippen molar-refractivity contribution in [1.82, 2.24) is 0 Å². The van der Waals surface area contributed by atoms with Gasteiger partial charge in [0.05, 0.1) is 18.5 Å². The normalized spacial score (nSPS) is 9.12. The number of rotatable bonds is 4. The molecule has 0 radical (unpaired) electrons. The maximum Gasteiger partial charge on any atom is 0.240 e. The van der Waals surface area contributed by atoms with E-state index in [1.807, 2.05) is 0 Å². The van der Waals surface area contributed by atoms with Gasteiger partial charge in [-0.25, -0.2) is 4.79 Å². The van der Waals surface area contributed by atoms with Crippen molar-refractivity contribution in [2.24, 2.45) is 4.99 Å². The van der Waals surface area contributed by atoms with Crippen molar-refractivity contribution >= 4 is 23.4 Å². The number of methoxy groups -OCH3 is 1. The summed E-state index contributed by atoms with van der Waals surface area (Å²) in [6, 6.07) is 4.78. The molecule has 0 spiro atoms. The van der Waals surface area contributed by atoms with Crippen LogP contribution in [0.4, 0.5) is 11.4 Å². The number of isocyanates is 1. The van der Waals surface area contributed by atoms with E-state index in [1.54, 1.807) is 25.1 Å². The highest BCUT2D eigenvalue weighted by Gasteiger charge is 2.06. The molecule has 0 aliphatic rings. The highest BCUT2D eigenvalue weighted by Crippen LogP contribution is 2.29. The van der Waals surface area contributed by atoms with Crippen LogP contribution < -0.4 is 10.1 Å². The quantitative estimate of drug-likeness (QED) is 0.623. The number of ether oxygens (including phenoxy) is 1. The van der Waals surface area contributed by atoms with Gasteiger partial charge in [0.25, 0.3) is 0 Å². The standard InChI is InChI=1S/C11H12N2O3/c1-3-11(15)13-9-5-4-8(12-7-14)6-10(9)16-2/h4-6H,3H2,1-2H3,(H,13,15). The summed E-state index contributed by atoms with van der Waals surface area (Å²) >= 11 is 0. The van der Waals surface area contributed by atoms with Crippen molar-refractivity contribution in [2.45, 2.75) is 13.3 Å². The lowest BCUT2D eigenvalue weighted by atomic mass is 10.2. The fourth-order valence-electron chi connectivity index (χ4n) is 1.14. The molecule has 5 nitrogen and oxygen atoms in total. The molecule has 1 amide bonds. The lowest BCUT2D eigenvalue weighted by Gasteiger charge is -2.09. The minimum absolute atomic E-state index is 0.107. The molecule has 1 aromatic rings. The summed E-state index contributed by atoms with van der Waals surface area (Å²) in [6.45, 7) is 1.76. The highest BCUT2D eigenvalue weighted by molar-refractivity contribution is 5.92. The fourth-order valence-corrected chi connectivity index (χ4v) is 1.14. The maximum atomic E-state index is 11.2. The first-order valence-corrected chi connectivity index (χ1v) is 4.77. The molecule has 84 valence electrons. The molecule has 16 heavy (non-hydrogen) atoms. The van der Waals surface area contributed by atoms with Gasteiger partial charge in [-0.05, 0) is 12.1 Å². The first kappa shape index (κ1) is 11.9. The maximum absolute atomic E-state index is 11.2. The molecule has 0 aliphatic heterocycles. The minimum Gasteiger partial charge on any atom is -0.494 e. The van der Waals surface area contributed by atoms with Gasteiger partial charge in [0.1, 0.15) is 5.75 Å². The second kappa shape index (κ2) is 5.68. The van der Waals surface area contributed by atoms with Crippen LogP contribution >= 0.6 is 0 Å². The second-order valence-corrected chi connectivity index (χ2v) is 2.99. The van der Waals surface area contributed by atoms with Gasteiger partial charge < -0.3 is 10.1 Å². The van der Waals surface area contributed by atoms with Gasteiger partial charge in [-0.15, -0.1) is 0 Å². The van der Waals surface area contributed by atoms with E-state index in [4.69, 9.17) is 4.74 Å². The summed E-state index contributed by atoms with van der Waals surface area (Å²) in [4.78, 5) is 24.7. The van der Waals surface area contributed by atoms with Crippen LogP contribution in [0.3, 0.4) is 0 Å². The zero-order chi connectivity index (χ0) is 12.0. The molecule has 1 aromatic carbocycles. The number of carbonyl (C=O) groups is 1. The predicted octanol–water partition coefficient (Wildman–Crippen LogP) is 2.01. The van der Waals surface area contributed by atoms with Gasteiger partial charge in [-0.3, -0.25) is 4.79 Å². The number of aliphatic imine (C=N–C) groups is 1. The molecule has 1 rings (SSSR count). The average molecular weight is 220 g/mol. The van der Waals surface area contributed by atoms with Crippen molar-refractivity contribution in [3.8, 4) is 5.75 Å². The monoisotopic (exact) mass is 220 g/mol.